The van der Waals surface area contributed by atoms with Crippen molar-refractivity contribution < 1.29 is 5.11 Å². The Hall–Kier alpha value is 0.140. The fourth-order valence-corrected chi connectivity index (χ4v) is 3.64. The summed E-state index contributed by atoms with van der Waals surface area (Å²) in [6.07, 6.45) is 0.924. The fourth-order valence-electron chi connectivity index (χ4n) is 1.69. The van der Waals surface area contributed by atoms with Gasteiger partial charge in [-0.1, -0.05) is 6.92 Å². The highest BCUT2D eigenvalue weighted by Crippen LogP contribution is 2.49. The highest BCUT2D eigenvalue weighted by atomic mass is 79.9. The molecule has 1 nitrogen and oxygen atoms in total. The van der Waals surface area contributed by atoms with Crippen molar-refractivity contribution >= 4 is 27.3 Å². The topological polar surface area (TPSA) is 20.2 Å². The largest absolute Gasteiger partial charge is 0.387 e. The van der Waals surface area contributed by atoms with Crippen LogP contribution in [0.4, 0.5) is 0 Å². The van der Waals surface area contributed by atoms with Crippen molar-refractivity contribution in [3.8, 4) is 0 Å². The van der Waals surface area contributed by atoms with Gasteiger partial charge in [-0.05, 0) is 47.2 Å². The molecule has 72 valence electrons. The van der Waals surface area contributed by atoms with Crippen LogP contribution in [-0.2, 0) is 0 Å². The monoisotopic (exact) mass is 260 g/mol. The van der Waals surface area contributed by atoms with E-state index in [-0.39, 0.29) is 6.10 Å². The summed E-state index contributed by atoms with van der Waals surface area (Å²) in [6.45, 7) is 4.27. The van der Waals surface area contributed by atoms with Gasteiger partial charge in [0, 0.05) is 14.2 Å². The van der Waals surface area contributed by atoms with Crippen LogP contribution >= 0.6 is 27.3 Å². The maximum Gasteiger partial charge on any atom is 0.0924 e. The van der Waals surface area contributed by atoms with Gasteiger partial charge in [-0.25, -0.2) is 0 Å². The number of rotatable bonds is 2. The number of thiophene rings is 1. The van der Waals surface area contributed by atoms with Crippen molar-refractivity contribution in [3.63, 3.8) is 0 Å². The molecule has 1 aromatic rings. The number of hydrogen-bond donors (Lipinski definition) is 1. The van der Waals surface area contributed by atoms with E-state index < -0.39 is 0 Å². The standard InChI is InChI=1S/C10H13BrOS/c1-5-3-7(5)9(12)10-8(11)4-6(2)13-10/h4-5,7,9,12H,3H2,1-2H3. The molecule has 0 aliphatic heterocycles. The van der Waals surface area contributed by atoms with Crippen LogP contribution in [0, 0.1) is 18.8 Å². The maximum atomic E-state index is 10.0. The van der Waals surface area contributed by atoms with E-state index in [0.29, 0.717) is 11.8 Å². The molecule has 0 aromatic carbocycles. The predicted molar refractivity (Wildman–Crippen MR) is 59.0 cm³/mol. The molecule has 3 atom stereocenters. The highest BCUT2D eigenvalue weighted by Gasteiger charge is 2.40. The van der Waals surface area contributed by atoms with Crippen LogP contribution in [0.15, 0.2) is 10.5 Å². The zero-order valence-corrected chi connectivity index (χ0v) is 10.2. The Labute approximate surface area is 90.9 Å². The van der Waals surface area contributed by atoms with E-state index in [1.165, 1.54) is 11.3 Å². The molecule has 1 saturated carbocycles. The summed E-state index contributed by atoms with van der Waals surface area (Å²) in [6, 6.07) is 2.08. The van der Waals surface area contributed by atoms with Gasteiger partial charge in [0.15, 0.2) is 0 Å². The van der Waals surface area contributed by atoms with Crippen molar-refractivity contribution in [1.82, 2.24) is 0 Å². The molecular weight excluding hydrogens is 248 g/mol. The molecule has 0 bridgehead atoms. The average Bonchev–Trinajstić information content (AvgIpc) is 2.67. The molecule has 1 aliphatic rings. The molecule has 2 rings (SSSR count). The smallest absolute Gasteiger partial charge is 0.0924 e. The Kier molecular flexibility index (Phi) is 2.51. The van der Waals surface area contributed by atoms with Gasteiger partial charge in [0.1, 0.15) is 0 Å². The molecule has 0 saturated heterocycles. The normalized spacial score (nSPS) is 28.9. The SMILES string of the molecule is Cc1cc(Br)c(C(O)C2CC2C)s1. The minimum atomic E-state index is -0.247. The number of hydrogen-bond acceptors (Lipinski definition) is 2. The van der Waals surface area contributed by atoms with Gasteiger partial charge in [0.2, 0.25) is 0 Å². The molecule has 13 heavy (non-hydrogen) atoms. The molecule has 0 amide bonds. The van der Waals surface area contributed by atoms with Crippen LogP contribution in [-0.4, -0.2) is 5.11 Å². The Morgan fingerprint density at radius 1 is 1.69 bits per heavy atom. The molecule has 1 aliphatic carbocycles. The third-order valence-electron chi connectivity index (χ3n) is 2.68. The van der Waals surface area contributed by atoms with E-state index in [9.17, 15) is 5.11 Å². The lowest BCUT2D eigenvalue weighted by Crippen LogP contribution is -1.98. The first-order valence-electron chi connectivity index (χ1n) is 4.53. The van der Waals surface area contributed by atoms with Gasteiger partial charge in [0.05, 0.1) is 6.10 Å². The van der Waals surface area contributed by atoms with E-state index in [2.05, 4.69) is 35.8 Å². The molecule has 3 unspecified atom stereocenters. The van der Waals surface area contributed by atoms with Crippen LogP contribution in [0.3, 0.4) is 0 Å². The third-order valence-corrected chi connectivity index (χ3v) is 4.72. The summed E-state index contributed by atoms with van der Waals surface area (Å²) < 4.78 is 1.07. The maximum absolute atomic E-state index is 10.0. The Morgan fingerprint density at radius 2 is 2.31 bits per heavy atom. The first kappa shape index (κ1) is 9.69. The molecule has 0 radical (unpaired) electrons. The zero-order valence-electron chi connectivity index (χ0n) is 7.75. The van der Waals surface area contributed by atoms with Gasteiger partial charge in [-0.2, -0.15) is 0 Å². The molecule has 1 aromatic heterocycles. The minimum Gasteiger partial charge on any atom is -0.387 e. The first-order chi connectivity index (χ1) is 6.09. The Bertz CT molecular complexity index is 321. The van der Waals surface area contributed by atoms with Crippen molar-refractivity contribution in [3.05, 3.63) is 20.3 Å². The lowest BCUT2D eigenvalue weighted by molar-refractivity contribution is 0.151. The van der Waals surface area contributed by atoms with Crippen molar-refractivity contribution in [2.75, 3.05) is 0 Å². The highest BCUT2D eigenvalue weighted by molar-refractivity contribution is 9.10. The van der Waals surface area contributed by atoms with E-state index >= 15 is 0 Å². The Morgan fingerprint density at radius 3 is 2.69 bits per heavy atom. The lowest BCUT2D eigenvalue weighted by Gasteiger charge is -2.07. The van der Waals surface area contributed by atoms with E-state index in [1.807, 2.05) is 0 Å². The second-order valence-corrected chi connectivity index (χ2v) is 6.03. The zero-order chi connectivity index (χ0) is 9.59. The van der Waals surface area contributed by atoms with Gasteiger partial charge < -0.3 is 5.11 Å². The minimum absolute atomic E-state index is 0.247. The Balaban J connectivity index is 2.19. The molecule has 1 heterocycles. The number of aliphatic hydroxyl groups is 1. The quantitative estimate of drug-likeness (QED) is 0.863. The predicted octanol–water partition coefficient (Wildman–Crippen LogP) is 3.51. The van der Waals surface area contributed by atoms with Crippen LogP contribution in [0.5, 0.6) is 0 Å². The van der Waals surface area contributed by atoms with Crippen LogP contribution in [0.2, 0.25) is 0 Å². The summed E-state index contributed by atoms with van der Waals surface area (Å²) in [5.74, 6) is 1.19. The van der Waals surface area contributed by atoms with Crippen LogP contribution in [0.1, 0.15) is 29.2 Å². The molecule has 1 fully saturated rings. The van der Waals surface area contributed by atoms with Crippen molar-refractivity contribution in [2.45, 2.75) is 26.4 Å². The second-order valence-electron chi connectivity index (χ2n) is 3.89. The molecule has 3 heteroatoms. The molecule has 1 N–H and O–H groups in total. The number of halogens is 1. The van der Waals surface area contributed by atoms with Gasteiger partial charge in [-0.15, -0.1) is 11.3 Å². The summed E-state index contributed by atoms with van der Waals surface area (Å²) in [4.78, 5) is 2.36. The summed E-state index contributed by atoms with van der Waals surface area (Å²) >= 11 is 5.18. The number of aliphatic hydroxyl groups excluding tert-OH is 1. The summed E-state index contributed by atoms with van der Waals surface area (Å²) in [5, 5.41) is 10.0. The van der Waals surface area contributed by atoms with E-state index in [1.54, 1.807) is 11.3 Å². The van der Waals surface area contributed by atoms with Crippen molar-refractivity contribution in [2.24, 2.45) is 11.8 Å². The number of aryl methyl sites for hydroxylation is 1. The van der Waals surface area contributed by atoms with Crippen molar-refractivity contribution in [1.29, 1.82) is 0 Å². The third kappa shape index (κ3) is 1.83. The van der Waals surface area contributed by atoms with E-state index in [4.69, 9.17) is 0 Å². The van der Waals surface area contributed by atoms with Crippen LogP contribution < -0.4 is 0 Å². The molecular formula is C10H13BrOS. The van der Waals surface area contributed by atoms with E-state index in [0.717, 1.165) is 9.35 Å². The molecule has 0 spiro atoms. The van der Waals surface area contributed by atoms with Gasteiger partial charge >= 0.3 is 0 Å². The second kappa shape index (κ2) is 3.37. The summed E-state index contributed by atoms with van der Waals surface area (Å²) in [7, 11) is 0. The van der Waals surface area contributed by atoms with Crippen LogP contribution in [0.25, 0.3) is 0 Å². The summed E-state index contributed by atoms with van der Waals surface area (Å²) in [5.41, 5.74) is 0. The average molecular weight is 261 g/mol. The lowest BCUT2D eigenvalue weighted by atomic mass is 10.2. The van der Waals surface area contributed by atoms with Gasteiger partial charge in [0.25, 0.3) is 0 Å². The van der Waals surface area contributed by atoms with Gasteiger partial charge in [-0.3, -0.25) is 0 Å². The fraction of sp³-hybridized carbons (Fsp3) is 0.600. The first-order valence-corrected chi connectivity index (χ1v) is 6.14.